The van der Waals surface area contributed by atoms with Gasteiger partial charge in [0.1, 0.15) is 23.3 Å². The van der Waals surface area contributed by atoms with E-state index in [2.05, 4.69) is 30.6 Å². The van der Waals surface area contributed by atoms with E-state index in [0.29, 0.717) is 31.7 Å². The van der Waals surface area contributed by atoms with Crippen molar-refractivity contribution in [3.8, 4) is 0 Å². The van der Waals surface area contributed by atoms with Gasteiger partial charge in [-0.1, -0.05) is 58.9 Å². The van der Waals surface area contributed by atoms with E-state index in [9.17, 15) is 9.59 Å². The Hall–Kier alpha value is -3.98. The summed E-state index contributed by atoms with van der Waals surface area (Å²) in [4.78, 5) is 39.5. The average Bonchev–Trinajstić information content (AvgIpc) is 2.86. The monoisotopic (exact) mass is 618 g/mol. The number of hydrogen-bond donors (Lipinski definition) is 6. The number of amides is 2. The van der Waals surface area contributed by atoms with Crippen LogP contribution in [0.3, 0.4) is 0 Å². The zero-order valence-corrected chi connectivity index (χ0v) is 23.8. The molecule has 2 amide bonds. The van der Waals surface area contributed by atoms with Gasteiger partial charge in [-0.3, -0.25) is 9.59 Å². The molecule has 0 fully saturated rings. The van der Waals surface area contributed by atoms with Crippen LogP contribution in [0.5, 0.6) is 0 Å². The normalized spacial score (nSPS) is 10.2. The first-order valence-electron chi connectivity index (χ1n) is 11.2. The number of benzene rings is 2. The summed E-state index contributed by atoms with van der Waals surface area (Å²) in [5.41, 5.74) is 23.5. The maximum absolute atomic E-state index is 11.8. The van der Waals surface area contributed by atoms with Gasteiger partial charge in [0.05, 0.1) is 11.5 Å². The Bertz CT molecular complexity index is 1340. The van der Waals surface area contributed by atoms with E-state index in [1.807, 2.05) is 0 Å². The summed E-state index contributed by atoms with van der Waals surface area (Å²) in [6, 6.07) is 16.7. The van der Waals surface area contributed by atoms with Gasteiger partial charge in [-0.25, -0.2) is 19.9 Å². The molecular weight excluding hydrogens is 595 g/mol. The van der Waals surface area contributed by atoms with Crippen LogP contribution in [0.2, 0.25) is 10.0 Å². The topological polar surface area (TPSA) is 214 Å². The van der Waals surface area contributed by atoms with Crippen molar-refractivity contribution < 1.29 is 9.59 Å². The van der Waals surface area contributed by atoms with Crippen molar-refractivity contribution in [1.29, 1.82) is 0 Å². The average molecular weight is 620 g/mol. The number of rotatable bonds is 8. The maximum Gasteiger partial charge on any atom is 0.234 e. The molecule has 4 aromatic rings. The maximum atomic E-state index is 11.8. The molecule has 12 nitrogen and oxygen atoms in total. The minimum absolute atomic E-state index is 0.148. The molecule has 40 heavy (non-hydrogen) atoms. The van der Waals surface area contributed by atoms with Crippen molar-refractivity contribution in [2.24, 2.45) is 0 Å². The standard InChI is InChI=1S/2C12H12ClN5OS/c2*13-7-2-1-3-8(4-7)16-11(19)6-20-12-17-9(14)5-10(15)18-12/h2*1-5H,6H2,(H,16,19)(H4,14,15,17,18). The molecule has 0 aliphatic rings. The van der Waals surface area contributed by atoms with E-state index in [4.69, 9.17) is 46.1 Å². The van der Waals surface area contributed by atoms with Crippen LogP contribution in [0.15, 0.2) is 71.0 Å². The number of halogens is 2. The fraction of sp³-hybridized carbons (Fsp3) is 0.0833. The summed E-state index contributed by atoms with van der Waals surface area (Å²) in [6.45, 7) is 0. The summed E-state index contributed by atoms with van der Waals surface area (Å²) in [5, 5.41) is 7.28. The molecule has 0 spiro atoms. The van der Waals surface area contributed by atoms with E-state index in [0.717, 1.165) is 23.5 Å². The molecule has 2 aromatic heterocycles. The van der Waals surface area contributed by atoms with Crippen molar-refractivity contribution in [3.63, 3.8) is 0 Å². The number of thioether (sulfide) groups is 2. The van der Waals surface area contributed by atoms with Crippen molar-refractivity contribution in [1.82, 2.24) is 19.9 Å². The van der Waals surface area contributed by atoms with E-state index in [1.165, 1.54) is 12.1 Å². The smallest absolute Gasteiger partial charge is 0.234 e. The van der Waals surface area contributed by atoms with Gasteiger partial charge in [0.15, 0.2) is 10.3 Å². The van der Waals surface area contributed by atoms with Crippen molar-refractivity contribution in [3.05, 3.63) is 70.7 Å². The van der Waals surface area contributed by atoms with E-state index in [1.54, 1.807) is 48.5 Å². The highest BCUT2D eigenvalue weighted by atomic mass is 35.5. The highest BCUT2D eigenvalue weighted by molar-refractivity contribution is 8.00. The Morgan fingerprint density at radius 3 is 1.30 bits per heavy atom. The third kappa shape index (κ3) is 11.0. The zero-order chi connectivity index (χ0) is 29.1. The molecule has 4 rings (SSSR count). The Labute approximate surface area is 248 Å². The summed E-state index contributed by atoms with van der Waals surface area (Å²) < 4.78 is 0. The fourth-order valence-corrected chi connectivity index (χ4v) is 4.56. The van der Waals surface area contributed by atoms with E-state index >= 15 is 0 Å². The summed E-state index contributed by atoms with van der Waals surface area (Å²) in [7, 11) is 0. The Morgan fingerprint density at radius 2 is 0.975 bits per heavy atom. The van der Waals surface area contributed by atoms with Crippen LogP contribution >= 0.6 is 46.7 Å². The largest absolute Gasteiger partial charge is 0.383 e. The van der Waals surface area contributed by atoms with Crippen LogP contribution in [-0.2, 0) is 9.59 Å². The SMILES string of the molecule is Nc1cc(N)nc(SCC(=O)Nc2cccc(Cl)c2)n1.Nc1cc(N)nc(SCC(=O)Nc2cccc(Cl)c2)n1. The fourth-order valence-electron chi connectivity index (χ4n) is 2.84. The predicted octanol–water partition coefficient (Wildman–Crippen LogP) is 4.05. The van der Waals surface area contributed by atoms with Crippen molar-refractivity contribution in [2.45, 2.75) is 10.3 Å². The van der Waals surface area contributed by atoms with Crippen molar-refractivity contribution in [2.75, 3.05) is 45.1 Å². The molecule has 0 saturated carbocycles. The lowest BCUT2D eigenvalue weighted by Crippen LogP contribution is -2.14. The van der Waals surface area contributed by atoms with Crippen LogP contribution in [0.1, 0.15) is 0 Å². The lowest BCUT2D eigenvalue weighted by molar-refractivity contribution is -0.114. The third-order valence-electron chi connectivity index (χ3n) is 4.37. The molecule has 2 heterocycles. The van der Waals surface area contributed by atoms with Crippen LogP contribution in [0.25, 0.3) is 0 Å². The van der Waals surface area contributed by atoms with E-state index < -0.39 is 0 Å². The minimum Gasteiger partial charge on any atom is -0.383 e. The molecule has 0 aliphatic carbocycles. The third-order valence-corrected chi connectivity index (χ3v) is 6.54. The van der Waals surface area contributed by atoms with E-state index in [-0.39, 0.29) is 46.6 Å². The molecule has 16 heteroatoms. The molecule has 0 radical (unpaired) electrons. The number of nitrogens with one attached hydrogen (secondary N) is 2. The number of nitrogen functional groups attached to an aromatic ring is 4. The summed E-state index contributed by atoms with van der Waals surface area (Å²) in [5.74, 6) is 1.00. The number of nitrogens with zero attached hydrogens (tertiary/aromatic N) is 4. The summed E-state index contributed by atoms with van der Waals surface area (Å²) >= 11 is 14.0. The number of anilines is 6. The molecule has 2 aromatic carbocycles. The second kappa shape index (κ2) is 15.0. The minimum atomic E-state index is -0.193. The molecule has 0 atom stereocenters. The molecule has 0 aliphatic heterocycles. The Kier molecular flexibility index (Phi) is 11.4. The van der Waals surface area contributed by atoms with Gasteiger partial charge in [0, 0.05) is 33.6 Å². The van der Waals surface area contributed by atoms with Gasteiger partial charge in [-0.2, -0.15) is 0 Å². The Balaban J connectivity index is 0.000000220. The molecule has 208 valence electrons. The number of hydrogen-bond acceptors (Lipinski definition) is 12. The quantitative estimate of drug-likeness (QED) is 0.122. The van der Waals surface area contributed by atoms with Gasteiger partial charge in [-0.15, -0.1) is 0 Å². The lowest BCUT2D eigenvalue weighted by atomic mass is 10.3. The first-order chi connectivity index (χ1) is 19.0. The molecule has 0 bridgehead atoms. The lowest BCUT2D eigenvalue weighted by Gasteiger charge is -2.05. The molecule has 0 unspecified atom stereocenters. The predicted molar refractivity (Wildman–Crippen MR) is 163 cm³/mol. The highest BCUT2D eigenvalue weighted by Crippen LogP contribution is 2.20. The Morgan fingerprint density at radius 1 is 0.625 bits per heavy atom. The second-order valence-electron chi connectivity index (χ2n) is 7.69. The number of carbonyl (C=O) groups excluding carboxylic acids is 2. The van der Waals surface area contributed by atoms with Crippen molar-refractivity contribution >= 4 is 93.2 Å². The van der Waals surface area contributed by atoms with Crippen LogP contribution in [-0.4, -0.2) is 43.3 Å². The van der Waals surface area contributed by atoms with Crippen LogP contribution in [0.4, 0.5) is 34.6 Å². The van der Waals surface area contributed by atoms with Gasteiger partial charge in [0.2, 0.25) is 11.8 Å². The van der Waals surface area contributed by atoms with Crippen LogP contribution < -0.4 is 33.6 Å². The first kappa shape index (κ1) is 30.6. The molecule has 10 N–H and O–H groups in total. The van der Waals surface area contributed by atoms with Gasteiger partial charge in [0.25, 0.3) is 0 Å². The van der Waals surface area contributed by atoms with Crippen LogP contribution in [0, 0.1) is 0 Å². The number of nitrogens with two attached hydrogens (primary N) is 4. The zero-order valence-electron chi connectivity index (χ0n) is 20.7. The molecular formula is C24H24Cl2N10O2S2. The van der Waals surface area contributed by atoms with Gasteiger partial charge in [-0.05, 0) is 36.4 Å². The second-order valence-corrected chi connectivity index (χ2v) is 10.5. The number of aromatic nitrogens is 4. The highest BCUT2D eigenvalue weighted by Gasteiger charge is 2.08. The van der Waals surface area contributed by atoms with Gasteiger partial charge >= 0.3 is 0 Å². The molecule has 0 saturated heterocycles. The number of carbonyl (C=O) groups is 2. The van der Waals surface area contributed by atoms with Gasteiger partial charge < -0.3 is 33.6 Å². The first-order valence-corrected chi connectivity index (χ1v) is 13.9. The summed E-state index contributed by atoms with van der Waals surface area (Å²) in [6.07, 6.45) is 0.